The third-order valence-electron chi connectivity index (χ3n) is 4.43. The number of fused-ring (bicyclic) bond motifs is 1. The van der Waals surface area contributed by atoms with Crippen LogP contribution in [0.15, 0.2) is 42.5 Å². The largest absolute Gasteiger partial charge is 0.481 e. The zero-order chi connectivity index (χ0) is 21.6. The third-order valence-corrected chi connectivity index (χ3v) is 4.43. The van der Waals surface area contributed by atoms with Crippen LogP contribution in [0.5, 0.6) is 0 Å². The fourth-order valence-corrected chi connectivity index (χ4v) is 3.18. The molecule has 2 aromatic rings. The summed E-state index contributed by atoms with van der Waals surface area (Å²) in [5, 5.41) is 32.4. The first-order chi connectivity index (χ1) is 13.7. The van der Waals surface area contributed by atoms with Gasteiger partial charge in [-0.2, -0.15) is 0 Å². The van der Waals surface area contributed by atoms with Gasteiger partial charge in [0, 0.05) is 6.54 Å². The average molecular weight is 402 g/mol. The number of rotatable bonds is 9. The molecule has 0 aliphatic heterocycles. The van der Waals surface area contributed by atoms with Crippen LogP contribution in [0.4, 0.5) is 4.79 Å². The van der Waals surface area contributed by atoms with Crippen molar-refractivity contribution in [3.05, 3.63) is 48.0 Å². The van der Waals surface area contributed by atoms with E-state index in [1.165, 1.54) is 4.90 Å². The first kappa shape index (κ1) is 22.2. The smallest absolute Gasteiger partial charge is 0.334 e. The number of nitrogens with one attached hydrogen (secondary N) is 1. The van der Waals surface area contributed by atoms with Crippen LogP contribution in [0, 0.1) is 5.92 Å². The Balaban J connectivity index is 2.32. The lowest BCUT2D eigenvalue weighted by Gasteiger charge is -2.29. The topological polar surface area (TPSA) is 127 Å². The van der Waals surface area contributed by atoms with E-state index in [9.17, 15) is 24.6 Å². The summed E-state index contributed by atoms with van der Waals surface area (Å²) in [6.45, 7) is 3.53. The van der Waals surface area contributed by atoms with Crippen molar-refractivity contribution < 1.29 is 29.7 Å². The Morgan fingerprint density at radius 1 is 1.00 bits per heavy atom. The van der Waals surface area contributed by atoms with E-state index >= 15 is 0 Å². The first-order valence-electron chi connectivity index (χ1n) is 9.34. The fraction of sp³-hybridized carbons (Fsp3) is 0.381. The Morgan fingerprint density at radius 3 is 2.28 bits per heavy atom. The van der Waals surface area contributed by atoms with Gasteiger partial charge in [-0.05, 0) is 22.3 Å². The Bertz CT molecular complexity index is 877. The molecule has 0 aliphatic rings. The van der Waals surface area contributed by atoms with Gasteiger partial charge in [0.15, 0.2) is 6.10 Å². The molecule has 2 aromatic carbocycles. The minimum absolute atomic E-state index is 0.0252. The summed E-state index contributed by atoms with van der Waals surface area (Å²) in [5.41, 5.74) is 0.655. The van der Waals surface area contributed by atoms with Gasteiger partial charge in [0.2, 0.25) is 0 Å². The van der Waals surface area contributed by atoms with E-state index in [-0.39, 0.29) is 18.9 Å². The van der Waals surface area contributed by atoms with Crippen LogP contribution in [-0.2, 0) is 9.59 Å². The number of amides is 2. The number of urea groups is 1. The third kappa shape index (κ3) is 6.18. The summed E-state index contributed by atoms with van der Waals surface area (Å²) in [6.07, 6.45) is -2.06. The van der Waals surface area contributed by atoms with Gasteiger partial charge < -0.3 is 25.5 Å². The molecule has 0 fully saturated rings. The van der Waals surface area contributed by atoms with E-state index in [0.717, 1.165) is 10.8 Å². The predicted molar refractivity (Wildman–Crippen MR) is 108 cm³/mol. The van der Waals surface area contributed by atoms with Crippen molar-refractivity contribution in [2.24, 2.45) is 5.92 Å². The summed E-state index contributed by atoms with van der Waals surface area (Å²) >= 11 is 0. The summed E-state index contributed by atoms with van der Waals surface area (Å²) < 4.78 is 0. The Morgan fingerprint density at radius 2 is 1.66 bits per heavy atom. The molecule has 2 atom stereocenters. The molecule has 0 bridgehead atoms. The quantitative estimate of drug-likeness (QED) is 0.510. The number of aliphatic hydroxyl groups excluding tert-OH is 1. The maximum absolute atomic E-state index is 12.9. The number of carbonyl (C=O) groups excluding carboxylic acids is 1. The molecule has 156 valence electrons. The predicted octanol–water partition coefficient (Wildman–Crippen LogP) is 2.47. The highest BCUT2D eigenvalue weighted by molar-refractivity contribution is 5.87. The lowest BCUT2D eigenvalue weighted by atomic mass is 9.97. The summed E-state index contributed by atoms with van der Waals surface area (Å²) in [5.74, 6) is -2.48. The molecule has 8 heteroatoms. The number of carboxylic acids is 2. The van der Waals surface area contributed by atoms with E-state index in [1.54, 1.807) is 12.1 Å². The Kier molecular flexibility index (Phi) is 7.55. The standard InChI is InChI=1S/C21H26N2O6/c1-13(2)11-23(12-18(24)20(27)28)21(29)22-17(10-19(25)26)16-9-5-7-14-6-3-4-8-15(14)16/h3-9,13,17-18,24H,10-12H2,1-2H3,(H,22,29)(H,25,26)(H,27,28). The van der Waals surface area contributed by atoms with Gasteiger partial charge in [0.1, 0.15) is 0 Å². The maximum Gasteiger partial charge on any atom is 0.334 e. The number of hydrogen-bond acceptors (Lipinski definition) is 4. The normalized spacial score (nSPS) is 13.1. The molecule has 8 nitrogen and oxygen atoms in total. The molecule has 0 radical (unpaired) electrons. The first-order valence-corrected chi connectivity index (χ1v) is 9.34. The second-order valence-electron chi connectivity index (χ2n) is 7.32. The van der Waals surface area contributed by atoms with Gasteiger partial charge in [0.05, 0.1) is 19.0 Å². The highest BCUT2D eigenvalue weighted by atomic mass is 16.4. The van der Waals surface area contributed by atoms with Crippen LogP contribution in [0.25, 0.3) is 10.8 Å². The van der Waals surface area contributed by atoms with Gasteiger partial charge in [-0.3, -0.25) is 4.79 Å². The monoisotopic (exact) mass is 402 g/mol. The minimum Gasteiger partial charge on any atom is -0.481 e. The zero-order valence-corrected chi connectivity index (χ0v) is 16.4. The van der Waals surface area contributed by atoms with Crippen molar-refractivity contribution in [3.8, 4) is 0 Å². The molecular weight excluding hydrogens is 376 g/mol. The molecule has 0 aromatic heterocycles. The maximum atomic E-state index is 12.9. The Hall–Kier alpha value is -3.13. The molecule has 0 spiro atoms. The number of hydrogen-bond donors (Lipinski definition) is 4. The van der Waals surface area contributed by atoms with Crippen molar-refractivity contribution in [2.75, 3.05) is 13.1 Å². The van der Waals surface area contributed by atoms with Crippen LogP contribution in [-0.4, -0.2) is 57.4 Å². The van der Waals surface area contributed by atoms with E-state index in [4.69, 9.17) is 5.11 Å². The summed E-state index contributed by atoms with van der Waals surface area (Å²) in [7, 11) is 0. The fourth-order valence-electron chi connectivity index (χ4n) is 3.18. The van der Waals surface area contributed by atoms with E-state index in [0.29, 0.717) is 5.56 Å². The molecule has 2 amide bonds. The van der Waals surface area contributed by atoms with Crippen molar-refractivity contribution in [3.63, 3.8) is 0 Å². The van der Waals surface area contributed by atoms with E-state index in [2.05, 4.69) is 5.32 Å². The van der Waals surface area contributed by atoms with Gasteiger partial charge in [-0.15, -0.1) is 0 Å². The Labute approximate surface area is 168 Å². The molecular formula is C21H26N2O6. The van der Waals surface area contributed by atoms with Gasteiger partial charge in [0.25, 0.3) is 0 Å². The van der Waals surface area contributed by atoms with Crippen LogP contribution >= 0.6 is 0 Å². The van der Waals surface area contributed by atoms with Crippen molar-refractivity contribution >= 4 is 28.7 Å². The van der Waals surface area contributed by atoms with Gasteiger partial charge in [-0.1, -0.05) is 56.3 Å². The molecule has 29 heavy (non-hydrogen) atoms. The summed E-state index contributed by atoms with van der Waals surface area (Å²) in [4.78, 5) is 36.5. The highest BCUT2D eigenvalue weighted by Crippen LogP contribution is 2.26. The number of carboxylic acid groups (broad SMARTS) is 2. The number of aliphatic hydroxyl groups is 1. The van der Waals surface area contributed by atoms with Crippen LogP contribution in [0.3, 0.4) is 0 Å². The van der Waals surface area contributed by atoms with E-state index < -0.39 is 36.7 Å². The molecule has 0 heterocycles. The summed E-state index contributed by atoms with van der Waals surface area (Å²) in [6, 6.07) is 11.5. The number of aliphatic carboxylic acids is 2. The van der Waals surface area contributed by atoms with Crippen molar-refractivity contribution in [1.29, 1.82) is 0 Å². The van der Waals surface area contributed by atoms with Gasteiger partial charge >= 0.3 is 18.0 Å². The lowest BCUT2D eigenvalue weighted by Crippen LogP contribution is -2.48. The van der Waals surface area contributed by atoms with Crippen LogP contribution in [0.2, 0.25) is 0 Å². The van der Waals surface area contributed by atoms with Crippen LogP contribution < -0.4 is 5.32 Å². The molecule has 2 rings (SSSR count). The van der Waals surface area contributed by atoms with Crippen molar-refractivity contribution in [2.45, 2.75) is 32.4 Å². The van der Waals surface area contributed by atoms with Crippen LogP contribution in [0.1, 0.15) is 31.9 Å². The van der Waals surface area contributed by atoms with Crippen molar-refractivity contribution in [1.82, 2.24) is 10.2 Å². The highest BCUT2D eigenvalue weighted by Gasteiger charge is 2.26. The minimum atomic E-state index is -1.73. The molecule has 2 unspecified atom stereocenters. The SMILES string of the molecule is CC(C)CN(CC(O)C(=O)O)C(=O)NC(CC(=O)O)c1cccc2ccccc12. The molecule has 0 saturated carbocycles. The molecule has 4 N–H and O–H groups in total. The second-order valence-corrected chi connectivity index (χ2v) is 7.32. The van der Waals surface area contributed by atoms with Gasteiger partial charge in [-0.25, -0.2) is 9.59 Å². The number of benzene rings is 2. The zero-order valence-electron chi connectivity index (χ0n) is 16.4. The molecule has 0 aliphatic carbocycles. The number of carbonyl (C=O) groups is 3. The number of nitrogens with zero attached hydrogens (tertiary/aromatic N) is 1. The van der Waals surface area contributed by atoms with E-state index in [1.807, 2.05) is 44.2 Å². The second kappa shape index (κ2) is 9.88. The molecule has 0 saturated heterocycles. The lowest BCUT2D eigenvalue weighted by molar-refractivity contribution is -0.147. The average Bonchev–Trinajstić information content (AvgIpc) is 2.65.